The molecule has 0 unspecified atom stereocenters. The molecular formula is C24H28N2O7. The SMILES string of the molecule is O=C(O)C=CC(=O)O.c1ccc(N2CCN(CCCOc3ccc4c(c3)OCO4)CC2)cc1. The summed E-state index contributed by atoms with van der Waals surface area (Å²) in [7, 11) is 0. The van der Waals surface area contributed by atoms with Crippen molar-refractivity contribution < 1.29 is 34.0 Å². The van der Waals surface area contributed by atoms with Crippen molar-refractivity contribution in [1.82, 2.24) is 4.90 Å². The van der Waals surface area contributed by atoms with E-state index in [1.165, 1.54) is 5.69 Å². The molecule has 2 aromatic carbocycles. The van der Waals surface area contributed by atoms with E-state index in [2.05, 4.69) is 40.1 Å². The molecule has 2 aromatic rings. The molecule has 0 amide bonds. The van der Waals surface area contributed by atoms with E-state index in [9.17, 15) is 9.59 Å². The number of hydrogen-bond donors (Lipinski definition) is 2. The van der Waals surface area contributed by atoms with Crippen molar-refractivity contribution in [2.45, 2.75) is 6.42 Å². The highest BCUT2D eigenvalue weighted by molar-refractivity contribution is 5.89. The molecule has 1 saturated heterocycles. The Hall–Kier alpha value is -3.72. The standard InChI is InChI=1S/C20H24N2O3.C4H4O4/c1-2-5-17(6-3-1)22-12-10-21(11-13-22)9-4-14-23-18-7-8-19-20(15-18)25-16-24-19;5-3(6)1-2-4(7)8/h1-3,5-8,15H,4,9-14,16H2;1-2H,(H,5,6)(H,7,8). The van der Waals surface area contributed by atoms with Gasteiger partial charge in [0.15, 0.2) is 11.5 Å². The number of para-hydroxylation sites is 1. The third-order valence-electron chi connectivity index (χ3n) is 5.09. The third kappa shape index (κ3) is 8.04. The first-order valence-corrected chi connectivity index (χ1v) is 10.7. The Kier molecular flexibility index (Phi) is 8.96. The number of nitrogens with zero attached hydrogens (tertiary/aromatic N) is 2. The molecule has 0 saturated carbocycles. The predicted molar refractivity (Wildman–Crippen MR) is 122 cm³/mol. The summed E-state index contributed by atoms with van der Waals surface area (Å²) in [5.41, 5.74) is 1.33. The van der Waals surface area contributed by atoms with E-state index in [0.29, 0.717) is 18.9 Å². The molecule has 0 radical (unpaired) electrons. The van der Waals surface area contributed by atoms with Crippen molar-refractivity contribution in [3.63, 3.8) is 0 Å². The largest absolute Gasteiger partial charge is 0.493 e. The second-order valence-electron chi connectivity index (χ2n) is 7.39. The van der Waals surface area contributed by atoms with E-state index in [-0.39, 0.29) is 0 Å². The van der Waals surface area contributed by atoms with Gasteiger partial charge >= 0.3 is 11.9 Å². The van der Waals surface area contributed by atoms with Crippen molar-refractivity contribution in [1.29, 1.82) is 0 Å². The normalized spacial score (nSPS) is 15.1. The second-order valence-corrected chi connectivity index (χ2v) is 7.39. The summed E-state index contributed by atoms with van der Waals surface area (Å²) in [6.45, 7) is 6.50. The fourth-order valence-electron chi connectivity index (χ4n) is 3.46. The lowest BCUT2D eigenvalue weighted by atomic mass is 10.2. The smallest absolute Gasteiger partial charge is 0.328 e. The molecule has 0 atom stereocenters. The molecule has 9 heteroatoms. The highest BCUT2D eigenvalue weighted by Crippen LogP contribution is 2.35. The van der Waals surface area contributed by atoms with Crippen LogP contribution in [-0.2, 0) is 9.59 Å². The molecule has 176 valence electrons. The van der Waals surface area contributed by atoms with E-state index in [1.54, 1.807) is 0 Å². The van der Waals surface area contributed by atoms with E-state index >= 15 is 0 Å². The predicted octanol–water partition coefficient (Wildman–Crippen LogP) is 2.72. The van der Waals surface area contributed by atoms with Gasteiger partial charge in [-0.2, -0.15) is 0 Å². The quantitative estimate of drug-likeness (QED) is 0.458. The van der Waals surface area contributed by atoms with Crippen LogP contribution < -0.4 is 19.1 Å². The van der Waals surface area contributed by atoms with Gasteiger partial charge in [-0.05, 0) is 30.7 Å². The highest BCUT2D eigenvalue weighted by atomic mass is 16.7. The van der Waals surface area contributed by atoms with Crippen molar-refractivity contribution in [3.05, 3.63) is 60.7 Å². The first-order chi connectivity index (χ1) is 16.0. The van der Waals surface area contributed by atoms with Crippen molar-refractivity contribution in [2.24, 2.45) is 0 Å². The van der Waals surface area contributed by atoms with Gasteiger partial charge in [-0.15, -0.1) is 0 Å². The molecule has 0 aliphatic carbocycles. The van der Waals surface area contributed by atoms with Gasteiger partial charge in [-0.25, -0.2) is 9.59 Å². The third-order valence-corrected chi connectivity index (χ3v) is 5.09. The van der Waals surface area contributed by atoms with E-state index in [1.807, 2.05) is 18.2 Å². The van der Waals surface area contributed by atoms with Crippen LogP contribution in [0.15, 0.2) is 60.7 Å². The van der Waals surface area contributed by atoms with Crippen LogP contribution in [0.4, 0.5) is 5.69 Å². The average Bonchev–Trinajstić information content (AvgIpc) is 3.30. The number of aliphatic carboxylic acids is 2. The topological polar surface area (TPSA) is 109 Å². The van der Waals surface area contributed by atoms with Crippen molar-refractivity contribution in [2.75, 3.05) is 51.0 Å². The lowest BCUT2D eigenvalue weighted by molar-refractivity contribution is -0.134. The van der Waals surface area contributed by atoms with Gasteiger partial charge in [0.2, 0.25) is 6.79 Å². The molecule has 33 heavy (non-hydrogen) atoms. The summed E-state index contributed by atoms with van der Waals surface area (Å²) in [5.74, 6) is -0.101. The Balaban J connectivity index is 0.000000331. The van der Waals surface area contributed by atoms with Crippen LogP contribution in [0.3, 0.4) is 0 Å². The molecule has 2 aliphatic heterocycles. The summed E-state index contributed by atoms with van der Waals surface area (Å²) >= 11 is 0. The Bertz CT molecular complexity index is 925. The number of fused-ring (bicyclic) bond motifs is 1. The summed E-state index contributed by atoms with van der Waals surface area (Å²) in [6, 6.07) is 16.4. The zero-order valence-corrected chi connectivity index (χ0v) is 18.3. The van der Waals surface area contributed by atoms with Gasteiger partial charge in [0, 0.05) is 56.6 Å². The van der Waals surface area contributed by atoms with E-state index in [4.69, 9.17) is 24.4 Å². The fraction of sp³-hybridized carbons (Fsp3) is 0.333. The van der Waals surface area contributed by atoms with Gasteiger partial charge in [-0.1, -0.05) is 18.2 Å². The average molecular weight is 456 g/mol. The second kappa shape index (κ2) is 12.4. The van der Waals surface area contributed by atoms with Crippen LogP contribution in [0.1, 0.15) is 6.42 Å². The number of benzene rings is 2. The van der Waals surface area contributed by atoms with Crippen LogP contribution in [-0.4, -0.2) is 73.2 Å². The number of carbonyl (C=O) groups is 2. The maximum absolute atomic E-state index is 9.55. The number of carboxylic acid groups (broad SMARTS) is 2. The zero-order valence-electron chi connectivity index (χ0n) is 18.3. The highest BCUT2D eigenvalue weighted by Gasteiger charge is 2.17. The molecule has 9 nitrogen and oxygen atoms in total. The maximum Gasteiger partial charge on any atom is 0.328 e. The first kappa shape index (κ1) is 23.9. The lowest BCUT2D eigenvalue weighted by Crippen LogP contribution is -2.46. The maximum atomic E-state index is 9.55. The van der Waals surface area contributed by atoms with E-state index in [0.717, 1.165) is 63.0 Å². The Labute approximate surface area is 192 Å². The number of carboxylic acids is 2. The molecule has 4 rings (SSSR count). The minimum atomic E-state index is -1.26. The Morgan fingerprint density at radius 3 is 2.24 bits per heavy atom. The van der Waals surface area contributed by atoms with Gasteiger partial charge < -0.3 is 29.3 Å². The first-order valence-electron chi connectivity index (χ1n) is 10.7. The van der Waals surface area contributed by atoms with Gasteiger partial charge in [-0.3, -0.25) is 4.90 Å². The Morgan fingerprint density at radius 1 is 0.909 bits per heavy atom. The number of piperazine rings is 1. The summed E-state index contributed by atoms with van der Waals surface area (Å²) in [5, 5.41) is 15.6. The molecule has 2 N–H and O–H groups in total. The summed E-state index contributed by atoms with van der Waals surface area (Å²) in [4.78, 5) is 24.1. The van der Waals surface area contributed by atoms with Crippen LogP contribution >= 0.6 is 0 Å². The van der Waals surface area contributed by atoms with Gasteiger partial charge in [0.05, 0.1) is 6.61 Å². The van der Waals surface area contributed by atoms with E-state index < -0.39 is 11.9 Å². The minimum absolute atomic E-state index is 0.299. The van der Waals surface area contributed by atoms with Crippen LogP contribution in [0.5, 0.6) is 17.2 Å². The molecule has 0 spiro atoms. The Morgan fingerprint density at radius 2 is 1.58 bits per heavy atom. The number of ether oxygens (including phenoxy) is 3. The fourth-order valence-corrected chi connectivity index (χ4v) is 3.46. The summed E-state index contributed by atoms with van der Waals surface area (Å²) < 4.78 is 16.5. The molecular weight excluding hydrogens is 428 g/mol. The minimum Gasteiger partial charge on any atom is -0.493 e. The molecule has 0 aromatic heterocycles. The van der Waals surface area contributed by atoms with Crippen molar-refractivity contribution in [3.8, 4) is 17.2 Å². The number of rotatable bonds is 8. The molecule has 2 heterocycles. The zero-order chi connectivity index (χ0) is 23.5. The van der Waals surface area contributed by atoms with Crippen LogP contribution in [0, 0.1) is 0 Å². The van der Waals surface area contributed by atoms with Gasteiger partial charge in [0.25, 0.3) is 0 Å². The molecule has 0 bridgehead atoms. The van der Waals surface area contributed by atoms with Crippen LogP contribution in [0.2, 0.25) is 0 Å². The molecule has 1 fully saturated rings. The molecule has 2 aliphatic rings. The number of hydrogen-bond acceptors (Lipinski definition) is 7. The van der Waals surface area contributed by atoms with Crippen molar-refractivity contribution >= 4 is 17.6 Å². The monoisotopic (exact) mass is 456 g/mol. The number of anilines is 1. The summed E-state index contributed by atoms with van der Waals surface area (Å²) in [6.07, 6.45) is 2.14. The van der Waals surface area contributed by atoms with Gasteiger partial charge in [0.1, 0.15) is 5.75 Å². The van der Waals surface area contributed by atoms with Crippen LogP contribution in [0.25, 0.3) is 0 Å². The lowest BCUT2D eigenvalue weighted by Gasteiger charge is -2.36.